The molecule has 0 aromatic heterocycles. The normalized spacial score (nSPS) is 13.7. The van der Waals surface area contributed by atoms with E-state index in [1.807, 2.05) is 0 Å². The van der Waals surface area contributed by atoms with Crippen LogP contribution in [0.1, 0.15) is 25.3 Å². The minimum atomic E-state index is -3.74. The maximum Gasteiger partial charge on any atom is 0.261 e. The van der Waals surface area contributed by atoms with Gasteiger partial charge in [-0.1, -0.05) is 12.1 Å². The van der Waals surface area contributed by atoms with Crippen LogP contribution in [0.2, 0.25) is 0 Å². The lowest BCUT2D eigenvalue weighted by Crippen LogP contribution is -2.26. The van der Waals surface area contributed by atoms with Crippen molar-refractivity contribution in [1.29, 1.82) is 0 Å². The van der Waals surface area contributed by atoms with Gasteiger partial charge in [-0.25, -0.2) is 8.42 Å². The third-order valence-electron chi connectivity index (χ3n) is 4.00. The highest BCUT2D eigenvalue weighted by Gasteiger charge is 2.23. The van der Waals surface area contributed by atoms with Crippen molar-refractivity contribution in [3.8, 4) is 0 Å². The van der Waals surface area contributed by atoms with Gasteiger partial charge in [0.2, 0.25) is 11.8 Å². The molecule has 3 N–H and O–H groups in total. The first-order valence-electron chi connectivity index (χ1n) is 8.60. The second-order valence-electron chi connectivity index (χ2n) is 6.53. The summed E-state index contributed by atoms with van der Waals surface area (Å²) in [6.07, 6.45) is 2.35. The van der Waals surface area contributed by atoms with E-state index >= 15 is 0 Å². The van der Waals surface area contributed by atoms with Gasteiger partial charge in [-0.05, 0) is 54.8 Å². The summed E-state index contributed by atoms with van der Waals surface area (Å²) in [6, 6.07) is 12.9. The first kappa shape index (κ1) is 18.9. The Hall–Kier alpha value is -2.87. The Kier molecular flexibility index (Phi) is 5.46. The van der Waals surface area contributed by atoms with E-state index in [2.05, 4.69) is 15.4 Å². The molecule has 0 unspecified atom stereocenters. The van der Waals surface area contributed by atoms with Crippen LogP contribution in [-0.4, -0.2) is 26.3 Å². The number of carbonyl (C=O) groups is 2. The lowest BCUT2D eigenvalue weighted by Gasteiger charge is -2.10. The lowest BCUT2D eigenvalue weighted by atomic mass is 10.1. The Bertz CT molecular complexity index is 934. The fourth-order valence-corrected chi connectivity index (χ4v) is 3.58. The summed E-state index contributed by atoms with van der Waals surface area (Å²) in [5.41, 5.74) is 1.75. The van der Waals surface area contributed by atoms with Crippen LogP contribution in [0.3, 0.4) is 0 Å². The first-order chi connectivity index (χ1) is 12.8. The molecule has 8 heteroatoms. The average molecular weight is 387 g/mol. The molecule has 142 valence electrons. The summed E-state index contributed by atoms with van der Waals surface area (Å²) in [7, 11) is -3.74. The molecule has 1 aliphatic carbocycles. The van der Waals surface area contributed by atoms with Gasteiger partial charge in [0.25, 0.3) is 10.0 Å². The molecule has 1 saturated carbocycles. The third-order valence-corrected chi connectivity index (χ3v) is 5.40. The molecule has 27 heavy (non-hydrogen) atoms. The second kappa shape index (κ2) is 7.79. The van der Waals surface area contributed by atoms with E-state index in [-0.39, 0.29) is 23.1 Å². The van der Waals surface area contributed by atoms with E-state index in [0.29, 0.717) is 17.4 Å². The maximum absolute atomic E-state index is 12.5. The lowest BCUT2D eigenvalue weighted by molar-refractivity contribution is -0.120. The number of anilines is 2. The van der Waals surface area contributed by atoms with Gasteiger partial charge in [-0.15, -0.1) is 0 Å². The monoisotopic (exact) mass is 387 g/mol. The SMILES string of the molecule is CC(=O)Nc1ccc(S(=O)(=O)Nc2ccc(CC(=O)NC3CC3)cc2)cc1. The van der Waals surface area contributed by atoms with Crippen LogP contribution in [0.4, 0.5) is 11.4 Å². The van der Waals surface area contributed by atoms with Crippen molar-refractivity contribution >= 4 is 33.2 Å². The number of benzene rings is 2. The number of carbonyl (C=O) groups excluding carboxylic acids is 2. The number of hydrogen-bond donors (Lipinski definition) is 3. The molecular weight excluding hydrogens is 366 g/mol. The van der Waals surface area contributed by atoms with Gasteiger partial charge in [0.15, 0.2) is 0 Å². The molecule has 2 aromatic carbocycles. The highest BCUT2D eigenvalue weighted by atomic mass is 32.2. The van der Waals surface area contributed by atoms with Crippen molar-refractivity contribution in [2.24, 2.45) is 0 Å². The smallest absolute Gasteiger partial charge is 0.261 e. The molecule has 3 rings (SSSR count). The van der Waals surface area contributed by atoms with Gasteiger partial charge >= 0.3 is 0 Å². The van der Waals surface area contributed by atoms with Crippen molar-refractivity contribution in [2.75, 3.05) is 10.0 Å². The van der Waals surface area contributed by atoms with Crippen LogP contribution in [-0.2, 0) is 26.0 Å². The van der Waals surface area contributed by atoms with E-state index in [4.69, 9.17) is 0 Å². The Balaban J connectivity index is 1.62. The number of nitrogens with one attached hydrogen (secondary N) is 3. The molecule has 0 bridgehead atoms. The molecule has 2 amide bonds. The zero-order valence-corrected chi connectivity index (χ0v) is 15.7. The molecule has 0 atom stereocenters. The zero-order valence-electron chi connectivity index (χ0n) is 14.9. The molecule has 0 aliphatic heterocycles. The first-order valence-corrected chi connectivity index (χ1v) is 10.1. The van der Waals surface area contributed by atoms with E-state index in [1.54, 1.807) is 24.3 Å². The second-order valence-corrected chi connectivity index (χ2v) is 8.21. The Morgan fingerprint density at radius 1 is 0.963 bits per heavy atom. The van der Waals surface area contributed by atoms with Crippen LogP contribution in [0.5, 0.6) is 0 Å². The fourth-order valence-electron chi connectivity index (χ4n) is 2.52. The van der Waals surface area contributed by atoms with E-state index < -0.39 is 10.0 Å². The molecule has 0 saturated heterocycles. The van der Waals surface area contributed by atoms with Gasteiger partial charge in [-0.2, -0.15) is 0 Å². The molecule has 1 aliphatic rings. The summed E-state index contributed by atoms with van der Waals surface area (Å²) in [5, 5.41) is 5.50. The number of sulfonamides is 1. The Morgan fingerprint density at radius 3 is 2.11 bits per heavy atom. The van der Waals surface area contributed by atoms with Gasteiger partial charge in [0, 0.05) is 24.3 Å². The zero-order chi connectivity index (χ0) is 19.4. The van der Waals surface area contributed by atoms with Crippen molar-refractivity contribution in [3.05, 3.63) is 54.1 Å². The van der Waals surface area contributed by atoms with Crippen LogP contribution >= 0.6 is 0 Å². The van der Waals surface area contributed by atoms with Crippen LogP contribution < -0.4 is 15.4 Å². The maximum atomic E-state index is 12.5. The topological polar surface area (TPSA) is 104 Å². The predicted molar refractivity (Wildman–Crippen MR) is 103 cm³/mol. The number of rotatable bonds is 7. The standard InChI is InChI=1S/C19H21N3O4S/c1-13(23)20-15-8-10-18(11-9-15)27(25,26)22-17-4-2-14(3-5-17)12-19(24)21-16-6-7-16/h2-5,8-11,16,22H,6-7,12H2,1H3,(H,20,23)(H,21,24). The Labute approximate surface area is 158 Å². The molecule has 0 radical (unpaired) electrons. The van der Waals surface area contributed by atoms with Gasteiger partial charge in [0.05, 0.1) is 11.3 Å². The van der Waals surface area contributed by atoms with Gasteiger partial charge in [0.1, 0.15) is 0 Å². The molecule has 2 aromatic rings. The van der Waals surface area contributed by atoms with Crippen LogP contribution in [0, 0.1) is 0 Å². The van der Waals surface area contributed by atoms with Crippen LogP contribution in [0.25, 0.3) is 0 Å². The highest BCUT2D eigenvalue weighted by molar-refractivity contribution is 7.92. The van der Waals surface area contributed by atoms with E-state index in [0.717, 1.165) is 18.4 Å². The third kappa shape index (κ3) is 5.55. The van der Waals surface area contributed by atoms with Crippen molar-refractivity contribution in [1.82, 2.24) is 5.32 Å². The van der Waals surface area contributed by atoms with Crippen molar-refractivity contribution in [2.45, 2.75) is 37.1 Å². The summed E-state index contributed by atoms with van der Waals surface area (Å²) in [5.74, 6) is -0.250. The quantitative estimate of drug-likeness (QED) is 0.678. The van der Waals surface area contributed by atoms with Gasteiger partial charge < -0.3 is 10.6 Å². The van der Waals surface area contributed by atoms with E-state index in [9.17, 15) is 18.0 Å². The highest BCUT2D eigenvalue weighted by Crippen LogP contribution is 2.20. The summed E-state index contributed by atoms with van der Waals surface area (Å²) in [6.45, 7) is 1.38. The molecule has 1 fully saturated rings. The summed E-state index contributed by atoms with van der Waals surface area (Å²) >= 11 is 0. The van der Waals surface area contributed by atoms with Crippen molar-refractivity contribution in [3.63, 3.8) is 0 Å². The predicted octanol–water partition coefficient (Wildman–Crippen LogP) is 2.27. The largest absolute Gasteiger partial charge is 0.353 e. The summed E-state index contributed by atoms with van der Waals surface area (Å²) < 4.78 is 27.4. The van der Waals surface area contributed by atoms with Gasteiger partial charge in [-0.3, -0.25) is 14.3 Å². The van der Waals surface area contributed by atoms with Crippen LogP contribution in [0.15, 0.2) is 53.4 Å². The summed E-state index contributed by atoms with van der Waals surface area (Å²) in [4.78, 5) is 22.9. The molecular formula is C19H21N3O4S. The minimum Gasteiger partial charge on any atom is -0.353 e. The number of hydrogen-bond acceptors (Lipinski definition) is 4. The average Bonchev–Trinajstić information content (AvgIpc) is 3.40. The number of amides is 2. The molecule has 0 spiro atoms. The molecule has 0 heterocycles. The Morgan fingerprint density at radius 2 is 1.56 bits per heavy atom. The van der Waals surface area contributed by atoms with E-state index in [1.165, 1.54) is 31.2 Å². The fraction of sp³-hybridized carbons (Fsp3) is 0.263. The van der Waals surface area contributed by atoms with Crippen molar-refractivity contribution < 1.29 is 18.0 Å². The minimum absolute atomic E-state index is 0.0231. The molecule has 7 nitrogen and oxygen atoms in total.